The van der Waals surface area contributed by atoms with Crippen LogP contribution in [0.25, 0.3) is 0 Å². The van der Waals surface area contributed by atoms with E-state index in [2.05, 4.69) is 4.72 Å². The average Bonchev–Trinajstić information content (AvgIpc) is 2.59. The quantitative estimate of drug-likeness (QED) is 0.736. The Balaban J connectivity index is 2.53. The summed E-state index contributed by atoms with van der Waals surface area (Å²) in [6.45, 7) is 9.74. The minimum atomic E-state index is -3.75. The first-order valence-corrected chi connectivity index (χ1v) is 11.5. The van der Waals surface area contributed by atoms with E-state index >= 15 is 0 Å². The van der Waals surface area contributed by atoms with E-state index in [9.17, 15) is 13.7 Å². The van der Waals surface area contributed by atoms with Crippen molar-refractivity contribution in [1.82, 2.24) is 4.72 Å². The Morgan fingerprint density at radius 1 is 1.00 bits per heavy atom. The van der Waals surface area contributed by atoms with Gasteiger partial charge in [-0.1, -0.05) is 50.2 Å². The molecule has 0 aromatic heterocycles. The molecule has 26 heavy (non-hydrogen) atoms. The van der Waals surface area contributed by atoms with Gasteiger partial charge in [-0.3, -0.25) is 4.57 Å². The van der Waals surface area contributed by atoms with E-state index in [-0.39, 0.29) is 12.0 Å². The van der Waals surface area contributed by atoms with Gasteiger partial charge in [-0.2, -0.15) is 0 Å². The van der Waals surface area contributed by atoms with E-state index in [0.717, 1.165) is 5.56 Å². The molecule has 2 aromatic rings. The fourth-order valence-corrected chi connectivity index (χ4v) is 5.34. The SMILES string of the molecule is CC(C)C(NS(=O)C(C)(C)C)c1ccccc1P(=O)(O)c1ccccc1. The molecule has 2 aromatic carbocycles. The van der Waals surface area contributed by atoms with Crippen LogP contribution in [0.2, 0.25) is 0 Å². The first-order valence-electron chi connectivity index (χ1n) is 8.71. The zero-order valence-corrected chi connectivity index (χ0v) is 17.7. The maximum atomic E-state index is 13.3. The number of hydrogen-bond donors (Lipinski definition) is 2. The van der Waals surface area contributed by atoms with Crippen molar-refractivity contribution in [1.29, 1.82) is 0 Å². The van der Waals surface area contributed by atoms with Crippen LogP contribution in [0.5, 0.6) is 0 Å². The van der Waals surface area contributed by atoms with Gasteiger partial charge in [-0.05, 0) is 50.5 Å². The van der Waals surface area contributed by atoms with Crippen LogP contribution in [0.15, 0.2) is 54.6 Å². The molecule has 0 fully saturated rings. The summed E-state index contributed by atoms with van der Waals surface area (Å²) < 4.78 is 28.7. The highest BCUT2D eigenvalue weighted by Gasteiger charge is 2.32. The topological polar surface area (TPSA) is 66.4 Å². The second-order valence-corrected chi connectivity index (χ2v) is 11.8. The molecule has 0 spiro atoms. The molecular formula is C20H28NO3PS. The lowest BCUT2D eigenvalue weighted by Crippen LogP contribution is -2.39. The van der Waals surface area contributed by atoms with Gasteiger partial charge >= 0.3 is 0 Å². The zero-order valence-electron chi connectivity index (χ0n) is 16.0. The summed E-state index contributed by atoms with van der Waals surface area (Å²) in [4.78, 5) is 10.9. The lowest BCUT2D eigenvalue weighted by molar-refractivity contribution is 0.471. The molecule has 0 heterocycles. The number of rotatable bonds is 6. The molecule has 4 nitrogen and oxygen atoms in total. The molecule has 0 bridgehead atoms. The van der Waals surface area contributed by atoms with Crippen LogP contribution in [0.3, 0.4) is 0 Å². The minimum Gasteiger partial charge on any atom is -0.338 e. The Morgan fingerprint density at radius 3 is 2.08 bits per heavy atom. The molecule has 2 rings (SSSR count). The number of benzene rings is 2. The van der Waals surface area contributed by atoms with Crippen LogP contribution in [-0.4, -0.2) is 13.8 Å². The van der Waals surface area contributed by atoms with Gasteiger partial charge in [0.25, 0.3) is 7.37 Å². The van der Waals surface area contributed by atoms with Crippen molar-refractivity contribution < 1.29 is 13.7 Å². The van der Waals surface area contributed by atoms with Crippen molar-refractivity contribution in [3.63, 3.8) is 0 Å². The predicted molar refractivity (Wildman–Crippen MR) is 111 cm³/mol. The lowest BCUT2D eigenvalue weighted by Gasteiger charge is -2.29. The van der Waals surface area contributed by atoms with Crippen LogP contribution in [-0.2, 0) is 15.6 Å². The molecule has 0 radical (unpaired) electrons. The van der Waals surface area contributed by atoms with Crippen LogP contribution < -0.4 is 15.3 Å². The second kappa shape index (κ2) is 8.18. The van der Waals surface area contributed by atoms with Crippen molar-refractivity contribution in [2.24, 2.45) is 5.92 Å². The van der Waals surface area contributed by atoms with E-state index in [4.69, 9.17) is 0 Å². The van der Waals surface area contributed by atoms with Crippen LogP contribution >= 0.6 is 7.37 Å². The largest absolute Gasteiger partial charge is 0.338 e. The van der Waals surface area contributed by atoms with E-state index in [1.165, 1.54) is 0 Å². The fraction of sp³-hybridized carbons (Fsp3) is 0.400. The van der Waals surface area contributed by atoms with Gasteiger partial charge in [-0.15, -0.1) is 0 Å². The van der Waals surface area contributed by atoms with Gasteiger partial charge in [0.05, 0.1) is 15.7 Å². The third-order valence-corrected chi connectivity index (χ3v) is 7.80. The summed E-state index contributed by atoms with van der Waals surface area (Å²) in [5, 5.41) is 0.787. The number of hydrogen-bond acceptors (Lipinski definition) is 2. The Labute approximate surface area is 159 Å². The summed E-state index contributed by atoms with van der Waals surface area (Å²) in [7, 11) is -5.04. The van der Waals surface area contributed by atoms with E-state index in [1.807, 2.05) is 52.8 Å². The van der Waals surface area contributed by atoms with E-state index in [0.29, 0.717) is 10.6 Å². The zero-order chi connectivity index (χ0) is 19.5. The fourth-order valence-electron chi connectivity index (χ4n) is 2.65. The van der Waals surface area contributed by atoms with Gasteiger partial charge < -0.3 is 4.89 Å². The molecule has 142 valence electrons. The highest BCUT2D eigenvalue weighted by Crippen LogP contribution is 2.41. The molecule has 0 amide bonds. The summed E-state index contributed by atoms with van der Waals surface area (Å²) in [6.07, 6.45) is 0. The van der Waals surface area contributed by atoms with Gasteiger partial charge in [0.15, 0.2) is 0 Å². The predicted octanol–water partition coefficient (Wildman–Crippen LogP) is 3.66. The molecule has 0 saturated carbocycles. The van der Waals surface area contributed by atoms with Gasteiger partial charge in [0.1, 0.15) is 0 Å². The molecule has 0 saturated heterocycles. The molecule has 0 aliphatic heterocycles. The van der Waals surface area contributed by atoms with Gasteiger partial charge in [0, 0.05) is 16.7 Å². The molecule has 2 N–H and O–H groups in total. The molecule has 6 heteroatoms. The second-order valence-electron chi connectivity index (χ2n) is 7.69. The summed E-state index contributed by atoms with van der Waals surface area (Å²) in [5.74, 6) is 0.0956. The molecule has 3 unspecified atom stereocenters. The molecule has 0 aliphatic rings. The lowest BCUT2D eigenvalue weighted by atomic mass is 9.97. The monoisotopic (exact) mass is 393 g/mol. The first-order chi connectivity index (χ1) is 12.0. The average molecular weight is 393 g/mol. The van der Waals surface area contributed by atoms with Crippen molar-refractivity contribution in [3.05, 3.63) is 60.2 Å². The van der Waals surface area contributed by atoms with Gasteiger partial charge in [0.2, 0.25) is 0 Å². The highest BCUT2D eigenvalue weighted by atomic mass is 32.2. The third-order valence-electron chi connectivity index (χ3n) is 4.16. The van der Waals surface area contributed by atoms with Crippen LogP contribution in [0.1, 0.15) is 46.2 Å². The Morgan fingerprint density at radius 2 is 1.54 bits per heavy atom. The third kappa shape index (κ3) is 4.72. The molecule has 0 aliphatic carbocycles. The minimum absolute atomic E-state index is 0.0956. The van der Waals surface area contributed by atoms with E-state index < -0.39 is 23.1 Å². The molecule has 3 atom stereocenters. The van der Waals surface area contributed by atoms with Crippen molar-refractivity contribution in [2.45, 2.75) is 45.4 Å². The summed E-state index contributed by atoms with van der Waals surface area (Å²) in [5.41, 5.74) is 0.717. The van der Waals surface area contributed by atoms with Gasteiger partial charge in [-0.25, -0.2) is 8.93 Å². The van der Waals surface area contributed by atoms with Crippen molar-refractivity contribution in [2.75, 3.05) is 0 Å². The normalized spacial score (nSPS) is 16.9. The van der Waals surface area contributed by atoms with Crippen LogP contribution in [0.4, 0.5) is 0 Å². The maximum absolute atomic E-state index is 13.3. The van der Waals surface area contributed by atoms with Crippen LogP contribution in [0, 0.1) is 5.92 Å². The summed E-state index contributed by atoms with van der Waals surface area (Å²) in [6, 6.07) is 15.5. The Kier molecular flexibility index (Phi) is 6.62. The summed E-state index contributed by atoms with van der Waals surface area (Å²) >= 11 is 0. The van der Waals surface area contributed by atoms with Crippen molar-refractivity contribution in [3.8, 4) is 0 Å². The first kappa shape index (κ1) is 21.0. The number of nitrogens with one attached hydrogen (secondary N) is 1. The standard InChI is InChI=1S/C20H28NO3PS/c1-15(2)19(21-26(24)20(3,4)5)17-13-9-10-14-18(17)25(22,23)16-11-7-6-8-12-16/h6-15,19,21H,1-5H3,(H,22,23). The Hall–Kier alpha value is -1.26. The highest BCUT2D eigenvalue weighted by molar-refractivity contribution is 7.84. The Bertz CT molecular complexity index is 815. The maximum Gasteiger partial charge on any atom is 0.259 e. The van der Waals surface area contributed by atoms with E-state index in [1.54, 1.807) is 36.4 Å². The smallest absolute Gasteiger partial charge is 0.259 e. The molecular weight excluding hydrogens is 365 g/mol. The van der Waals surface area contributed by atoms with Crippen molar-refractivity contribution >= 4 is 29.0 Å².